The Morgan fingerprint density at radius 1 is 1.12 bits per heavy atom. The number of pyridine rings is 1. The van der Waals surface area contributed by atoms with Crippen molar-refractivity contribution in [2.45, 2.75) is 13.0 Å². The number of fused-ring (bicyclic) bond motifs is 1. The molecule has 3 rings (SSSR count). The van der Waals surface area contributed by atoms with E-state index in [0.717, 1.165) is 26.6 Å². The topological polar surface area (TPSA) is 48.4 Å². The van der Waals surface area contributed by atoms with Crippen molar-refractivity contribution in [1.82, 2.24) is 4.98 Å². The average Bonchev–Trinajstić information content (AvgIpc) is 2.61. The van der Waals surface area contributed by atoms with E-state index in [1.165, 1.54) is 7.11 Å². The van der Waals surface area contributed by atoms with Crippen molar-refractivity contribution in [3.63, 3.8) is 0 Å². The second-order valence-electron chi connectivity index (χ2n) is 5.29. The lowest BCUT2D eigenvalue weighted by Gasteiger charge is -2.09. The summed E-state index contributed by atoms with van der Waals surface area (Å²) < 4.78 is 11.3. The Kier molecular flexibility index (Phi) is 5.11. The molecule has 3 aromatic rings. The predicted octanol–water partition coefficient (Wildman–Crippen LogP) is 4.29. The molecule has 0 saturated heterocycles. The quantitative estimate of drug-likeness (QED) is 0.614. The van der Waals surface area contributed by atoms with Crippen molar-refractivity contribution < 1.29 is 14.3 Å². The lowest BCUT2D eigenvalue weighted by molar-refractivity contribution is -0.139. The van der Waals surface area contributed by atoms with E-state index in [-0.39, 0.29) is 12.4 Å². The fourth-order valence-corrected chi connectivity index (χ4v) is 2.83. The number of carbonyl (C=O) groups excluding carboxylic acids is 1. The second-order valence-corrected chi connectivity index (χ2v) is 6.14. The fourth-order valence-electron chi connectivity index (χ4n) is 2.33. The summed E-state index contributed by atoms with van der Waals surface area (Å²) in [6, 6.07) is 17.5. The molecule has 1 heterocycles. The molecule has 0 unspecified atom stereocenters. The Balaban J connectivity index is 1.69. The van der Waals surface area contributed by atoms with Gasteiger partial charge in [-0.05, 0) is 29.8 Å². The van der Waals surface area contributed by atoms with E-state index < -0.39 is 0 Å². The number of ether oxygens (including phenoxy) is 2. The van der Waals surface area contributed by atoms with Gasteiger partial charge in [-0.25, -0.2) is 4.98 Å². The molecule has 0 aliphatic rings. The van der Waals surface area contributed by atoms with Gasteiger partial charge in [0.1, 0.15) is 12.4 Å². The first-order valence-electron chi connectivity index (χ1n) is 7.48. The highest BCUT2D eigenvalue weighted by atomic mass is 79.9. The van der Waals surface area contributed by atoms with Gasteiger partial charge in [0.05, 0.1) is 24.7 Å². The van der Waals surface area contributed by atoms with Gasteiger partial charge in [0.2, 0.25) is 0 Å². The van der Waals surface area contributed by atoms with Gasteiger partial charge in [0.25, 0.3) is 0 Å². The Morgan fingerprint density at radius 2 is 1.96 bits per heavy atom. The molecule has 1 aromatic heterocycles. The van der Waals surface area contributed by atoms with E-state index in [1.807, 2.05) is 54.6 Å². The van der Waals surface area contributed by atoms with E-state index in [4.69, 9.17) is 4.74 Å². The maximum absolute atomic E-state index is 11.4. The first kappa shape index (κ1) is 16.5. The lowest BCUT2D eigenvalue weighted by Crippen LogP contribution is -2.05. The Morgan fingerprint density at radius 3 is 2.75 bits per heavy atom. The lowest BCUT2D eigenvalue weighted by atomic mass is 10.1. The summed E-state index contributed by atoms with van der Waals surface area (Å²) >= 11 is 3.46. The predicted molar refractivity (Wildman–Crippen MR) is 95.9 cm³/mol. The van der Waals surface area contributed by atoms with Crippen molar-refractivity contribution in [2.75, 3.05) is 7.11 Å². The summed E-state index contributed by atoms with van der Waals surface area (Å²) in [5.74, 6) is 0.440. The molecule has 0 fully saturated rings. The summed E-state index contributed by atoms with van der Waals surface area (Å²) in [4.78, 5) is 15.9. The van der Waals surface area contributed by atoms with Gasteiger partial charge < -0.3 is 9.47 Å². The number of esters is 1. The van der Waals surface area contributed by atoms with Crippen LogP contribution in [0.1, 0.15) is 11.3 Å². The maximum Gasteiger partial charge on any atom is 0.310 e. The molecular formula is C19H16BrNO3. The van der Waals surface area contributed by atoms with Crippen molar-refractivity contribution >= 4 is 32.8 Å². The minimum absolute atomic E-state index is 0.226. The van der Waals surface area contributed by atoms with E-state index >= 15 is 0 Å². The van der Waals surface area contributed by atoms with Crippen LogP contribution in [0.5, 0.6) is 5.75 Å². The third-order valence-corrected chi connectivity index (χ3v) is 4.37. The highest BCUT2D eigenvalue weighted by Crippen LogP contribution is 2.24. The highest BCUT2D eigenvalue weighted by molar-refractivity contribution is 9.10. The van der Waals surface area contributed by atoms with Crippen LogP contribution in [0.15, 0.2) is 59.1 Å². The Labute approximate surface area is 148 Å². The standard InChI is InChI=1S/C19H16BrNO3/c1-23-19(22)10-14-7-9-16(11-17(14)20)24-12-15-8-6-13-4-2-3-5-18(13)21-15/h2-9,11H,10,12H2,1H3. The number of halogens is 1. The van der Waals surface area contributed by atoms with Gasteiger partial charge in [-0.15, -0.1) is 0 Å². The van der Waals surface area contributed by atoms with E-state index in [0.29, 0.717) is 12.4 Å². The molecule has 0 bridgehead atoms. The molecule has 0 radical (unpaired) electrons. The number of methoxy groups -OCH3 is 1. The number of hydrogen-bond acceptors (Lipinski definition) is 4. The van der Waals surface area contributed by atoms with Crippen molar-refractivity contribution in [1.29, 1.82) is 0 Å². The van der Waals surface area contributed by atoms with Crippen molar-refractivity contribution in [3.05, 3.63) is 70.3 Å². The largest absolute Gasteiger partial charge is 0.487 e. The molecule has 0 aliphatic heterocycles. The fraction of sp³-hybridized carbons (Fsp3) is 0.158. The molecule has 0 N–H and O–H groups in total. The number of hydrogen-bond donors (Lipinski definition) is 0. The summed E-state index contributed by atoms with van der Waals surface area (Å²) in [6.07, 6.45) is 0.226. The smallest absolute Gasteiger partial charge is 0.310 e. The molecule has 0 amide bonds. The summed E-state index contributed by atoms with van der Waals surface area (Å²) in [6.45, 7) is 0.383. The van der Waals surface area contributed by atoms with Crippen LogP contribution in [0, 0.1) is 0 Å². The van der Waals surface area contributed by atoms with Gasteiger partial charge in [-0.2, -0.15) is 0 Å². The summed E-state index contributed by atoms with van der Waals surface area (Å²) in [7, 11) is 1.38. The first-order chi connectivity index (χ1) is 11.7. The van der Waals surface area contributed by atoms with Crippen LogP contribution in [0.3, 0.4) is 0 Å². The summed E-state index contributed by atoms with van der Waals surface area (Å²) in [5.41, 5.74) is 2.68. The van der Waals surface area contributed by atoms with Crippen LogP contribution in [-0.2, 0) is 22.6 Å². The first-order valence-corrected chi connectivity index (χ1v) is 8.28. The molecule has 122 valence electrons. The third-order valence-electron chi connectivity index (χ3n) is 3.63. The third kappa shape index (κ3) is 3.92. The molecule has 0 saturated carbocycles. The molecule has 0 atom stereocenters. The molecular weight excluding hydrogens is 370 g/mol. The minimum Gasteiger partial charge on any atom is -0.487 e. The van der Waals surface area contributed by atoms with Crippen LogP contribution in [-0.4, -0.2) is 18.1 Å². The zero-order valence-electron chi connectivity index (χ0n) is 13.2. The number of para-hydroxylation sites is 1. The van der Waals surface area contributed by atoms with Crippen LogP contribution in [0.25, 0.3) is 10.9 Å². The number of benzene rings is 2. The Bertz CT molecular complexity index is 879. The van der Waals surface area contributed by atoms with Crippen molar-refractivity contribution in [2.24, 2.45) is 0 Å². The second kappa shape index (κ2) is 7.45. The summed E-state index contributed by atoms with van der Waals surface area (Å²) in [5, 5.41) is 1.11. The van der Waals surface area contributed by atoms with Gasteiger partial charge in [-0.1, -0.05) is 46.3 Å². The van der Waals surface area contributed by atoms with Crippen LogP contribution in [0.4, 0.5) is 0 Å². The van der Waals surface area contributed by atoms with Gasteiger partial charge >= 0.3 is 5.97 Å². The van der Waals surface area contributed by atoms with Crippen molar-refractivity contribution in [3.8, 4) is 5.75 Å². The maximum atomic E-state index is 11.4. The highest BCUT2D eigenvalue weighted by Gasteiger charge is 2.08. The van der Waals surface area contributed by atoms with Gasteiger partial charge in [0, 0.05) is 9.86 Å². The molecule has 24 heavy (non-hydrogen) atoms. The zero-order chi connectivity index (χ0) is 16.9. The van der Waals surface area contributed by atoms with E-state index in [9.17, 15) is 4.79 Å². The Hall–Kier alpha value is -2.40. The SMILES string of the molecule is COC(=O)Cc1ccc(OCc2ccc3ccccc3n2)cc1Br. The van der Waals surface area contributed by atoms with Gasteiger partial charge in [0.15, 0.2) is 0 Å². The molecule has 0 spiro atoms. The zero-order valence-corrected chi connectivity index (χ0v) is 14.7. The van der Waals surface area contributed by atoms with E-state index in [2.05, 4.69) is 25.7 Å². The monoisotopic (exact) mass is 385 g/mol. The number of carbonyl (C=O) groups is 1. The molecule has 2 aromatic carbocycles. The van der Waals surface area contributed by atoms with Crippen LogP contribution >= 0.6 is 15.9 Å². The molecule has 0 aliphatic carbocycles. The number of nitrogens with zero attached hydrogens (tertiary/aromatic N) is 1. The minimum atomic E-state index is -0.273. The average molecular weight is 386 g/mol. The van der Waals surface area contributed by atoms with Gasteiger partial charge in [-0.3, -0.25) is 4.79 Å². The van der Waals surface area contributed by atoms with E-state index in [1.54, 1.807) is 0 Å². The van der Waals surface area contributed by atoms with Crippen LogP contribution < -0.4 is 4.74 Å². The molecule has 5 heteroatoms. The van der Waals surface area contributed by atoms with Crippen LogP contribution in [0.2, 0.25) is 0 Å². The molecule has 4 nitrogen and oxygen atoms in total. The normalized spacial score (nSPS) is 10.6. The number of aromatic nitrogens is 1. The number of rotatable bonds is 5.